The average molecular weight is 298 g/mol. The molecule has 0 bridgehead atoms. The first kappa shape index (κ1) is 15.1. The summed E-state index contributed by atoms with van der Waals surface area (Å²) in [7, 11) is 1.59. The summed E-state index contributed by atoms with van der Waals surface area (Å²) in [5.74, 6) is 1.04. The molecule has 0 saturated carbocycles. The molecule has 1 saturated heterocycles. The molecule has 1 aliphatic heterocycles. The van der Waals surface area contributed by atoms with Crippen molar-refractivity contribution in [3.05, 3.63) is 29.8 Å². The molecule has 1 aromatic rings. The summed E-state index contributed by atoms with van der Waals surface area (Å²) in [6.07, 6.45) is -0.130. The van der Waals surface area contributed by atoms with E-state index in [1.54, 1.807) is 24.1 Å². The summed E-state index contributed by atoms with van der Waals surface area (Å²) >= 11 is 5.89. The molecule has 1 atom stereocenters. The summed E-state index contributed by atoms with van der Waals surface area (Å²) in [5.41, 5.74) is 0.238. The molecule has 0 spiro atoms. The third kappa shape index (κ3) is 3.44. The molecule has 5 heteroatoms. The monoisotopic (exact) mass is 297 g/mol. The average Bonchev–Trinajstić information content (AvgIpc) is 2.44. The number of hydrogen-bond acceptors (Lipinski definition) is 3. The zero-order valence-corrected chi connectivity index (χ0v) is 12.8. The van der Waals surface area contributed by atoms with Gasteiger partial charge >= 0.3 is 0 Å². The van der Waals surface area contributed by atoms with Crippen LogP contribution in [0.25, 0.3) is 0 Å². The van der Waals surface area contributed by atoms with Crippen LogP contribution in [0.3, 0.4) is 0 Å². The molecule has 1 aromatic carbocycles. The maximum atomic E-state index is 12.6. The summed E-state index contributed by atoms with van der Waals surface area (Å²) in [6.45, 7) is 5.01. The molecule has 20 heavy (non-hydrogen) atoms. The van der Waals surface area contributed by atoms with Gasteiger partial charge in [0, 0.05) is 18.7 Å². The number of rotatable bonds is 3. The van der Waals surface area contributed by atoms with Crippen LogP contribution in [0.2, 0.25) is 0 Å². The fraction of sp³-hybridized carbons (Fsp3) is 0.533. The molecule has 4 nitrogen and oxygen atoms in total. The van der Waals surface area contributed by atoms with Crippen molar-refractivity contribution in [3.63, 3.8) is 0 Å². The number of carbonyl (C=O) groups excluding carboxylic acids is 1. The Morgan fingerprint density at radius 1 is 1.55 bits per heavy atom. The van der Waals surface area contributed by atoms with Gasteiger partial charge in [-0.15, -0.1) is 11.6 Å². The molecular weight excluding hydrogens is 278 g/mol. The Bertz CT molecular complexity index is 490. The van der Waals surface area contributed by atoms with Crippen LogP contribution in [0.1, 0.15) is 24.2 Å². The minimum Gasteiger partial charge on any atom is -0.497 e. The molecule has 0 radical (unpaired) electrons. The van der Waals surface area contributed by atoms with Gasteiger partial charge in [-0.05, 0) is 32.0 Å². The maximum absolute atomic E-state index is 12.6. The molecule has 2 rings (SSSR count). The molecule has 1 amide bonds. The molecule has 1 aliphatic rings. The van der Waals surface area contributed by atoms with Crippen LogP contribution in [0.5, 0.6) is 5.75 Å². The van der Waals surface area contributed by atoms with E-state index in [-0.39, 0.29) is 17.6 Å². The Morgan fingerprint density at radius 2 is 2.30 bits per heavy atom. The van der Waals surface area contributed by atoms with Crippen LogP contribution < -0.4 is 4.74 Å². The number of carbonyl (C=O) groups is 1. The fourth-order valence-corrected chi connectivity index (χ4v) is 2.63. The van der Waals surface area contributed by atoms with E-state index >= 15 is 0 Å². The van der Waals surface area contributed by atoms with E-state index in [1.165, 1.54) is 0 Å². The second kappa shape index (κ2) is 6.02. The van der Waals surface area contributed by atoms with Gasteiger partial charge in [0.15, 0.2) is 0 Å². The number of morpholine rings is 1. The summed E-state index contributed by atoms with van der Waals surface area (Å²) < 4.78 is 11.0. The van der Waals surface area contributed by atoms with Gasteiger partial charge in [-0.25, -0.2) is 0 Å². The van der Waals surface area contributed by atoms with E-state index < -0.39 is 0 Å². The lowest BCUT2D eigenvalue weighted by atomic mass is 10.0. The summed E-state index contributed by atoms with van der Waals surface area (Å²) in [6, 6.07) is 7.18. The van der Waals surface area contributed by atoms with Gasteiger partial charge in [0.25, 0.3) is 5.91 Å². The molecule has 0 aromatic heterocycles. The van der Waals surface area contributed by atoms with Crippen LogP contribution in [-0.2, 0) is 4.74 Å². The number of hydrogen-bond donors (Lipinski definition) is 0. The van der Waals surface area contributed by atoms with Gasteiger partial charge in [-0.2, -0.15) is 0 Å². The number of benzene rings is 1. The van der Waals surface area contributed by atoms with Crippen LogP contribution in [0.15, 0.2) is 24.3 Å². The van der Waals surface area contributed by atoms with Crippen molar-refractivity contribution in [2.75, 3.05) is 26.1 Å². The molecule has 1 fully saturated rings. The minimum atomic E-state index is -0.383. The summed E-state index contributed by atoms with van der Waals surface area (Å²) in [4.78, 5) is 14.4. The van der Waals surface area contributed by atoms with Crippen LogP contribution in [0, 0.1) is 0 Å². The first-order chi connectivity index (χ1) is 9.45. The Kier molecular flexibility index (Phi) is 4.55. The van der Waals surface area contributed by atoms with Gasteiger partial charge < -0.3 is 14.4 Å². The van der Waals surface area contributed by atoms with Gasteiger partial charge in [0.05, 0.1) is 24.7 Å². The van der Waals surface area contributed by atoms with Crippen LogP contribution in [-0.4, -0.2) is 48.6 Å². The van der Waals surface area contributed by atoms with E-state index in [0.29, 0.717) is 30.3 Å². The first-order valence-electron chi connectivity index (χ1n) is 6.62. The van der Waals surface area contributed by atoms with Crippen molar-refractivity contribution in [1.82, 2.24) is 4.90 Å². The maximum Gasteiger partial charge on any atom is 0.254 e. The van der Waals surface area contributed by atoms with Crippen LogP contribution >= 0.6 is 11.6 Å². The zero-order chi connectivity index (χ0) is 14.8. The topological polar surface area (TPSA) is 38.8 Å². The quantitative estimate of drug-likeness (QED) is 0.805. The smallest absolute Gasteiger partial charge is 0.254 e. The van der Waals surface area contributed by atoms with Crippen molar-refractivity contribution in [3.8, 4) is 5.75 Å². The van der Waals surface area contributed by atoms with Crippen LogP contribution in [0.4, 0.5) is 0 Å². The molecule has 110 valence electrons. The number of methoxy groups -OCH3 is 1. The van der Waals surface area contributed by atoms with Crippen molar-refractivity contribution in [2.24, 2.45) is 0 Å². The summed E-state index contributed by atoms with van der Waals surface area (Å²) in [5, 5.41) is 0. The third-order valence-electron chi connectivity index (χ3n) is 3.26. The van der Waals surface area contributed by atoms with E-state index in [1.807, 2.05) is 26.0 Å². The lowest BCUT2D eigenvalue weighted by Crippen LogP contribution is -2.55. The Hall–Kier alpha value is -1.26. The van der Waals surface area contributed by atoms with Gasteiger partial charge in [-0.1, -0.05) is 6.07 Å². The third-order valence-corrected chi connectivity index (χ3v) is 3.60. The Balaban J connectivity index is 2.18. The second-order valence-corrected chi connectivity index (χ2v) is 5.88. The number of ether oxygens (including phenoxy) is 2. The number of halogens is 1. The highest BCUT2D eigenvalue weighted by atomic mass is 35.5. The van der Waals surface area contributed by atoms with Crippen molar-refractivity contribution >= 4 is 17.5 Å². The standard InChI is InChI=1S/C15H20ClNO3/c1-15(2)10-17(9-13(8-16)20-15)14(18)11-5-4-6-12(7-11)19-3/h4-7,13H,8-10H2,1-3H3. The Labute approximate surface area is 124 Å². The van der Waals surface area contributed by atoms with Gasteiger partial charge in [-0.3, -0.25) is 4.79 Å². The van der Waals surface area contributed by atoms with E-state index in [9.17, 15) is 4.79 Å². The normalized spacial score (nSPS) is 21.6. The first-order valence-corrected chi connectivity index (χ1v) is 7.16. The number of nitrogens with zero attached hydrogens (tertiary/aromatic N) is 1. The Morgan fingerprint density at radius 3 is 2.95 bits per heavy atom. The molecule has 1 unspecified atom stereocenters. The molecule has 1 heterocycles. The van der Waals surface area contributed by atoms with Gasteiger partial charge in [0.2, 0.25) is 0 Å². The predicted molar refractivity (Wildman–Crippen MR) is 78.6 cm³/mol. The zero-order valence-electron chi connectivity index (χ0n) is 12.1. The molecule has 0 N–H and O–H groups in total. The second-order valence-electron chi connectivity index (χ2n) is 5.57. The van der Waals surface area contributed by atoms with E-state index in [0.717, 1.165) is 0 Å². The lowest BCUT2D eigenvalue weighted by molar-refractivity contribution is -0.117. The van der Waals surface area contributed by atoms with Gasteiger partial charge in [0.1, 0.15) is 5.75 Å². The highest BCUT2D eigenvalue weighted by molar-refractivity contribution is 6.18. The highest BCUT2D eigenvalue weighted by Crippen LogP contribution is 2.24. The lowest BCUT2D eigenvalue weighted by Gasteiger charge is -2.42. The van der Waals surface area contributed by atoms with E-state index in [2.05, 4.69) is 0 Å². The van der Waals surface area contributed by atoms with Crippen molar-refractivity contribution < 1.29 is 14.3 Å². The SMILES string of the molecule is COc1cccc(C(=O)N2CC(CCl)OC(C)(C)C2)c1. The number of amides is 1. The predicted octanol–water partition coefficient (Wildman–Crippen LogP) is 2.55. The number of alkyl halides is 1. The van der Waals surface area contributed by atoms with Crippen molar-refractivity contribution in [1.29, 1.82) is 0 Å². The van der Waals surface area contributed by atoms with Crippen molar-refractivity contribution in [2.45, 2.75) is 25.6 Å². The molecule has 0 aliphatic carbocycles. The van der Waals surface area contributed by atoms with E-state index in [4.69, 9.17) is 21.1 Å². The fourth-order valence-electron chi connectivity index (χ4n) is 2.47. The largest absolute Gasteiger partial charge is 0.497 e. The molecular formula is C15H20ClNO3. The highest BCUT2D eigenvalue weighted by Gasteiger charge is 2.35. The minimum absolute atomic E-state index is 0.0182.